The van der Waals surface area contributed by atoms with Gasteiger partial charge in [-0.2, -0.15) is 5.10 Å². The number of rotatable bonds is 7. The Labute approximate surface area is 213 Å². The molecule has 1 aromatic heterocycles. The third kappa shape index (κ3) is 5.73. The van der Waals surface area contributed by atoms with Gasteiger partial charge in [-0.05, 0) is 61.4 Å². The van der Waals surface area contributed by atoms with Gasteiger partial charge in [0.25, 0.3) is 5.91 Å². The zero-order valence-electron chi connectivity index (χ0n) is 18.6. The van der Waals surface area contributed by atoms with Crippen LogP contribution in [-0.4, -0.2) is 15.7 Å². The lowest BCUT2D eigenvalue weighted by Gasteiger charge is -2.10. The van der Waals surface area contributed by atoms with Crippen molar-refractivity contribution in [3.8, 4) is 5.75 Å². The van der Waals surface area contributed by atoms with Gasteiger partial charge in [0.1, 0.15) is 12.4 Å². The summed E-state index contributed by atoms with van der Waals surface area (Å²) in [5.41, 5.74) is 4.04. The van der Waals surface area contributed by atoms with E-state index in [4.69, 9.17) is 39.5 Å². The molecule has 1 heterocycles. The predicted molar refractivity (Wildman–Crippen MR) is 137 cm³/mol. The van der Waals surface area contributed by atoms with Gasteiger partial charge in [-0.25, -0.2) is 0 Å². The maximum absolute atomic E-state index is 12.9. The molecule has 4 aromatic rings. The molecule has 4 rings (SSSR count). The van der Waals surface area contributed by atoms with E-state index < -0.39 is 0 Å². The van der Waals surface area contributed by atoms with Crippen molar-refractivity contribution < 1.29 is 9.53 Å². The Bertz CT molecular complexity index is 1330. The molecule has 0 saturated carbocycles. The first kappa shape index (κ1) is 24.1. The molecule has 0 saturated heterocycles. The number of carbonyl (C=O) groups excluding carboxylic acids is 1. The second kappa shape index (κ2) is 10.5. The number of amides is 1. The van der Waals surface area contributed by atoms with Crippen molar-refractivity contribution in [1.82, 2.24) is 9.78 Å². The van der Waals surface area contributed by atoms with Crippen LogP contribution in [0.4, 0.5) is 5.82 Å². The van der Waals surface area contributed by atoms with Crippen LogP contribution < -0.4 is 10.1 Å². The summed E-state index contributed by atoms with van der Waals surface area (Å²) >= 11 is 18.8. The highest BCUT2D eigenvalue weighted by atomic mass is 35.5. The molecule has 1 N–H and O–H groups in total. The average Bonchev–Trinajstić information content (AvgIpc) is 3.15. The monoisotopic (exact) mass is 513 g/mol. The molecule has 0 fully saturated rings. The van der Waals surface area contributed by atoms with E-state index in [1.165, 1.54) is 0 Å². The summed E-state index contributed by atoms with van der Waals surface area (Å²) in [6.07, 6.45) is 0. The molecule has 0 atom stereocenters. The van der Waals surface area contributed by atoms with Crippen LogP contribution in [0.5, 0.6) is 5.75 Å². The topological polar surface area (TPSA) is 56.1 Å². The zero-order chi connectivity index (χ0) is 24.2. The number of halogens is 3. The fourth-order valence-electron chi connectivity index (χ4n) is 3.44. The molecule has 0 bridgehead atoms. The number of hydrogen-bond donors (Lipinski definition) is 1. The number of anilines is 1. The highest BCUT2D eigenvalue weighted by molar-refractivity contribution is 6.36. The van der Waals surface area contributed by atoms with E-state index in [1.54, 1.807) is 47.1 Å². The van der Waals surface area contributed by atoms with Crippen molar-refractivity contribution in [1.29, 1.82) is 0 Å². The lowest BCUT2D eigenvalue weighted by Crippen LogP contribution is -2.13. The molecule has 0 spiro atoms. The van der Waals surface area contributed by atoms with Crippen LogP contribution in [0.25, 0.3) is 0 Å². The maximum atomic E-state index is 12.9. The minimum atomic E-state index is -0.268. The van der Waals surface area contributed by atoms with Crippen molar-refractivity contribution in [2.45, 2.75) is 27.0 Å². The van der Waals surface area contributed by atoms with E-state index in [1.807, 2.05) is 38.1 Å². The van der Waals surface area contributed by atoms with E-state index >= 15 is 0 Å². The fourth-order valence-corrected chi connectivity index (χ4v) is 4.13. The minimum absolute atomic E-state index is 0.268. The van der Waals surface area contributed by atoms with Crippen LogP contribution >= 0.6 is 34.8 Å². The van der Waals surface area contributed by atoms with E-state index in [-0.39, 0.29) is 12.5 Å². The van der Waals surface area contributed by atoms with Crippen LogP contribution in [0.2, 0.25) is 15.1 Å². The lowest BCUT2D eigenvalue weighted by molar-refractivity contribution is 0.102. The van der Waals surface area contributed by atoms with Crippen LogP contribution in [-0.2, 0) is 13.2 Å². The molecule has 1 amide bonds. The molecule has 0 aliphatic rings. The van der Waals surface area contributed by atoms with Gasteiger partial charge in [0.2, 0.25) is 0 Å². The Kier molecular flexibility index (Phi) is 7.47. The van der Waals surface area contributed by atoms with Crippen molar-refractivity contribution in [3.63, 3.8) is 0 Å². The molecule has 0 aliphatic carbocycles. The molecular weight excluding hydrogens is 493 g/mol. The Morgan fingerprint density at radius 3 is 2.44 bits per heavy atom. The molecule has 8 heteroatoms. The quantitative estimate of drug-likeness (QED) is 0.281. The Hall–Kier alpha value is -2.99. The van der Waals surface area contributed by atoms with E-state index in [0.29, 0.717) is 38.7 Å². The van der Waals surface area contributed by atoms with E-state index in [0.717, 1.165) is 22.4 Å². The standard InChI is InChI=1S/C26H22Cl3N3O2/c1-16-9-10-23(29)24(11-16)34-15-18-5-3-6-19(13-18)26(33)30-25-12-17(2)32(31-25)14-20-21(27)7-4-8-22(20)28/h3-13H,14-15H2,1-2H3,(H,30,31,33). The number of nitrogens with zero attached hydrogens (tertiary/aromatic N) is 2. The van der Waals surface area contributed by atoms with Gasteiger partial charge >= 0.3 is 0 Å². The third-order valence-corrected chi connectivity index (χ3v) is 6.28. The van der Waals surface area contributed by atoms with Crippen LogP contribution in [0.3, 0.4) is 0 Å². The summed E-state index contributed by atoms with van der Waals surface area (Å²) in [5, 5.41) is 9.03. The number of carbonyl (C=O) groups is 1. The molecule has 0 unspecified atom stereocenters. The van der Waals surface area contributed by atoms with E-state index in [2.05, 4.69) is 10.4 Å². The Balaban J connectivity index is 1.44. The Morgan fingerprint density at radius 1 is 0.941 bits per heavy atom. The molecule has 5 nitrogen and oxygen atoms in total. The fraction of sp³-hybridized carbons (Fsp3) is 0.154. The summed E-state index contributed by atoms with van der Waals surface area (Å²) in [6, 6.07) is 20.0. The molecule has 34 heavy (non-hydrogen) atoms. The molecule has 3 aromatic carbocycles. The van der Waals surface area contributed by atoms with Crippen molar-refractivity contribution >= 4 is 46.5 Å². The third-order valence-electron chi connectivity index (χ3n) is 5.26. The summed E-state index contributed by atoms with van der Waals surface area (Å²) < 4.78 is 7.60. The number of benzene rings is 3. The first-order valence-corrected chi connectivity index (χ1v) is 11.7. The van der Waals surface area contributed by atoms with Crippen LogP contribution in [0.15, 0.2) is 66.7 Å². The minimum Gasteiger partial charge on any atom is -0.487 e. The first-order valence-electron chi connectivity index (χ1n) is 10.6. The largest absolute Gasteiger partial charge is 0.487 e. The summed E-state index contributed by atoms with van der Waals surface area (Å²) in [4.78, 5) is 12.9. The van der Waals surface area contributed by atoms with Gasteiger partial charge in [0.15, 0.2) is 5.82 Å². The van der Waals surface area contributed by atoms with Gasteiger partial charge in [-0.15, -0.1) is 0 Å². The smallest absolute Gasteiger partial charge is 0.256 e. The van der Waals surface area contributed by atoms with Gasteiger partial charge in [-0.3, -0.25) is 9.48 Å². The van der Waals surface area contributed by atoms with Gasteiger partial charge in [0, 0.05) is 32.9 Å². The summed E-state index contributed by atoms with van der Waals surface area (Å²) in [6.45, 7) is 4.56. The highest BCUT2D eigenvalue weighted by Crippen LogP contribution is 2.27. The van der Waals surface area contributed by atoms with Crippen molar-refractivity contribution in [2.24, 2.45) is 0 Å². The van der Waals surface area contributed by atoms with E-state index in [9.17, 15) is 4.79 Å². The molecular formula is C26H22Cl3N3O2. The van der Waals surface area contributed by atoms with Crippen LogP contribution in [0, 0.1) is 13.8 Å². The zero-order valence-corrected chi connectivity index (χ0v) is 20.9. The summed E-state index contributed by atoms with van der Waals surface area (Å²) in [7, 11) is 0. The number of hydrogen-bond acceptors (Lipinski definition) is 3. The first-order chi connectivity index (χ1) is 16.3. The Morgan fingerprint density at radius 2 is 1.68 bits per heavy atom. The lowest BCUT2D eigenvalue weighted by atomic mass is 10.1. The molecule has 0 aliphatic heterocycles. The van der Waals surface area contributed by atoms with Gasteiger partial charge in [-0.1, -0.05) is 59.1 Å². The second-order valence-corrected chi connectivity index (χ2v) is 9.13. The number of aromatic nitrogens is 2. The predicted octanol–water partition coefficient (Wildman–Crippen LogP) is 7.34. The molecule has 0 radical (unpaired) electrons. The van der Waals surface area contributed by atoms with Crippen molar-refractivity contribution in [2.75, 3.05) is 5.32 Å². The van der Waals surface area contributed by atoms with Gasteiger partial charge < -0.3 is 10.1 Å². The number of aryl methyl sites for hydroxylation is 2. The van der Waals surface area contributed by atoms with Gasteiger partial charge in [0.05, 0.1) is 11.6 Å². The molecule has 174 valence electrons. The average molecular weight is 515 g/mol. The normalized spacial score (nSPS) is 10.9. The maximum Gasteiger partial charge on any atom is 0.256 e. The highest BCUT2D eigenvalue weighted by Gasteiger charge is 2.13. The summed E-state index contributed by atoms with van der Waals surface area (Å²) in [5.74, 6) is 0.783. The SMILES string of the molecule is Cc1ccc(Cl)c(OCc2cccc(C(=O)Nc3cc(C)n(Cc4c(Cl)cccc4Cl)n3)c2)c1. The van der Waals surface area contributed by atoms with Crippen LogP contribution in [0.1, 0.15) is 32.7 Å². The number of ether oxygens (including phenoxy) is 1. The second-order valence-electron chi connectivity index (χ2n) is 7.91. The van der Waals surface area contributed by atoms with Crippen molar-refractivity contribution in [3.05, 3.63) is 110 Å². The number of nitrogens with one attached hydrogen (secondary N) is 1.